The molecule has 2 aromatic carbocycles. The van der Waals surface area contributed by atoms with Crippen LogP contribution in [-0.2, 0) is 11.3 Å². The lowest BCUT2D eigenvalue weighted by Gasteiger charge is -2.28. The third-order valence-electron chi connectivity index (χ3n) is 6.31. The van der Waals surface area contributed by atoms with Gasteiger partial charge in [-0.3, -0.25) is 9.79 Å². The van der Waals surface area contributed by atoms with Gasteiger partial charge in [-0.05, 0) is 44.3 Å². The molecule has 3 aromatic rings. The molecular formula is C26H26F2N6O. The summed E-state index contributed by atoms with van der Waals surface area (Å²) in [5, 5.41) is 8.16. The number of nitrogens with one attached hydrogen (secondary N) is 1. The molecule has 1 amide bonds. The number of nitrogens with zero attached hydrogens (tertiary/aromatic N) is 5. The Labute approximate surface area is 202 Å². The molecule has 0 saturated heterocycles. The van der Waals surface area contributed by atoms with E-state index >= 15 is 0 Å². The standard InChI is InChI=1S/C26H26F2N6O/c1-15-6-4-5-7-18(15)24-26(35)30-12-21(31-24)22-23(19-9-8-17(27)10-20(19)28)32-34-14-16(13-33(2)3)11-29-25(22)34/h4-10,12,16,24,29H,11,13-14H2,1-3H3. The summed E-state index contributed by atoms with van der Waals surface area (Å²) in [6.45, 7) is 4.10. The van der Waals surface area contributed by atoms with E-state index in [9.17, 15) is 13.6 Å². The number of amides is 1. The lowest BCUT2D eigenvalue weighted by Crippen LogP contribution is -2.35. The first kappa shape index (κ1) is 23.0. The average molecular weight is 477 g/mol. The van der Waals surface area contributed by atoms with E-state index in [0.29, 0.717) is 41.8 Å². The van der Waals surface area contributed by atoms with Crippen molar-refractivity contribution in [2.24, 2.45) is 15.9 Å². The van der Waals surface area contributed by atoms with E-state index in [1.54, 1.807) is 4.68 Å². The summed E-state index contributed by atoms with van der Waals surface area (Å²) in [7, 11) is 4.03. The number of benzene rings is 2. The molecule has 2 unspecified atom stereocenters. The fourth-order valence-corrected chi connectivity index (χ4v) is 4.72. The highest BCUT2D eigenvalue weighted by Gasteiger charge is 2.32. The minimum atomic E-state index is -0.803. The predicted molar refractivity (Wildman–Crippen MR) is 132 cm³/mol. The van der Waals surface area contributed by atoms with Gasteiger partial charge in [-0.25, -0.2) is 18.5 Å². The molecule has 2 atom stereocenters. The van der Waals surface area contributed by atoms with Crippen LogP contribution in [0.2, 0.25) is 0 Å². The summed E-state index contributed by atoms with van der Waals surface area (Å²) >= 11 is 0. The van der Waals surface area contributed by atoms with E-state index in [4.69, 9.17) is 10.1 Å². The van der Waals surface area contributed by atoms with Gasteiger partial charge in [0.2, 0.25) is 0 Å². The van der Waals surface area contributed by atoms with E-state index in [2.05, 4.69) is 15.2 Å². The van der Waals surface area contributed by atoms with Crippen molar-refractivity contribution in [3.8, 4) is 11.3 Å². The SMILES string of the molecule is Cc1ccccc1C1N=C(c2c(-c3ccc(F)cc3F)nn3c2NCC(CN(C)C)C3)C=NC1=O. The largest absolute Gasteiger partial charge is 0.369 e. The molecule has 2 aliphatic rings. The zero-order chi connectivity index (χ0) is 24.7. The molecule has 180 valence electrons. The Bertz CT molecular complexity index is 1360. The molecule has 0 fully saturated rings. The second-order valence-electron chi connectivity index (χ2n) is 9.26. The van der Waals surface area contributed by atoms with Gasteiger partial charge in [-0.1, -0.05) is 24.3 Å². The van der Waals surface area contributed by atoms with Gasteiger partial charge in [-0.15, -0.1) is 0 Å². The minimum absolute atomic E-state index is 0.162. The maximum atomic E-state index is 14.9. The number of rotatable bonds is 5. The Hall–Kier alpha value is -3.72. The third kappa shape index (κ3) is 4.39. The lowest BCUT2D eigenvalue weighted by atomic mass is 9.98. The van der Waals surface area contributed by atoms with Crippen molar-refractivity contribution in [3.63, 3.8) is 0 Å². The molecule has 7 nitrogen and oxygen atoms in total. The van der Waals surface area contributed by atoms with Gasteiger partial charge >= 0.3 is 0 Å². The average Bonchev–Trinajstić information content (AvgIpc) is 3.18. The van der Waals surface area contributed by atoms with Gasteiger partial charge in [0.15, 0.2) is 6.04 Å². The molecular weight excluding hydrogens is 450 g/mol. The number of halogens is 2. The first-order valence-electron chi connectivity index (χ1n) is 11.5. The summed E-state index contributed by atoms with van der Waals surface area (Å²) in [6.07, 6.45) is 1.41. The molecule has 0 radical (unpaired) electrons. The number of aromatic nitrogens is 2. The second-order valence-corrected chi connectivity index (χ2v) is 9.26. The Morgan fingerprint density at radius 2 is 1.97 bits per heavy atom. The zero-order valence-corrected chi connectivity index (χ0v) is 19.8. The topological polar surface area (TPSA) is 74.9 Å². The van der Waals surface area contributed by atoms with Crippen molar-refractivity contribution in [1.82, 2.24) is 14.7 Å². The van der Waals surface area contributed by atoms with Crippen molar-refractivity contribution in [2.45, 2.75) is 19.5 Å². The van der Waals surface area contributed by atoms with Crippen molar-refractivity contribution in [1.29, 1.82) is 0 Å². The fourth-order valence-electron chi connectivity index (χ4n) is 4.72. The van der Waals surface area contributed by atoms with Gasteiger partial charge < -0.3 is 10.2 Å². The number of hydrogen-bond donors (Lipinski definition) is 1. The van der Waals surface area contributed by atoms with Crippen LogP contribution in [0, 0.1) is 24.5 Å². The molecule has 0 saturated carbocycles. The molecule has 35 heavy (non-hydrogen) atoms. The maximum Gasteiger partial charge on any atom is 0.275 e. The van der Waals surface area contributed by atoms with Crippen LogP contribution in [-0.4, -0.2) is 59.7 Å². The Morgan fingerprint density at radius 3 is 2.71 bits per heavy atom. The van der Waals surface area contributed by atoms with Gasteiger partial charge in [0.25, 0.3) is 5.91 Å². The Balaban J connectivity index is 1.65. The summed E-state index contributed by atoms with van der Waals surface area (Å²) in [4.78, 5) is 23.7. The molecule has 5 rings (SSSR count). The highest BCUT2D eigenvalue weighted by Crippen LogP contribution is 2.36. The zero-order valence-electron chi connectivity index (χ0n) is 19.8. The van der Waals surface area contributed by atoms with Crippen LogP contribution in [0.1, 0.15) is 22.7 Å². The number of fused-ring (bicyclic) bond motifs is 1. The molecule has 3 heterocycles. The molecule has 2 aliphatic heterocycles. The first-order chi connectivity index (χ1) is 16.8. The second kappa shape index (κ2) is 9.14. The first-order valence-corrected chi connectivity index (χ1v) is 11.5. The van der Waals surface area contributed by atoms with Gasteiger partial charge in [0.05, 0.1) is 17.5 Å². The fraction of sp³-hybridized carbons (Fsp3) is 0.308. The van der Waals surface area contributed by atoms with Crippen LogP contribution in [0.5, 0.6) is 0 Å². The number of anilines is 1. The van der Waals surface area contributed by atoms with E-state index in [0.717, 1.165) is 23.7 Å². The molecule has 1 aromatic heterocycles. The van der Waals surface area contributed by atoms with Crippen LogP contribution in [0.25, 0.3) is 11.3 Å². The van der Waals surface area contributed by atoms with Crippen LogP contribution < -0.4 is 5.32 Å². The highest BCUT2D eigenvalue weighted by atomic mass is 19.1. The Morgan fingerprint density at radius 1 is 1.17 bits per heavy atom. The molecule has 0 bridgehead atoms. The smallest absolute Gasteiger partial charge is 0.275 e. The summed E-state index contributed by atoms with van der Waals surface area (Å²) in [6, 6.07) is 10.2. The monoisotopic (exact) mass is 476 g/mol. The predicted octanol–water partition coefficient (Wildman–Crippen LogP) is 3.88. The van der Waals surface area contributed by atoms with Gasteiger partial charge in [0, 0.05) is 37.2 Å². The van der Waals surface area contributed by atoms with Crippen molar-refractivity contribution < 1.29 is 13.6 Å². The number of aryl methyl sites for hydroxylation is 1. The minimum Gasteiger partial charge on any atom is -0.369 e. The van der Waals surface area contributed by atoms with E-state index in [-0.39, 0.29) is 11.5 Å². The van der Waals surface area contributed by atoms with Crippen molar-refractivity contribution in [2.75, 3.05) is 32.5 Å². The lowest BCUT2D eigenvalue weighted by molar-refractivity contribution is -0.119. The maximum absolute atomic E-state index is 14.9. The van der Waals surface area contributed by atoms with Crippen molar-refractivity contribution >= 4 is 23.7 Å². The van der Waals surface area contributed by atoms with E-state index in [1.165, 1.54) is 18.3 Å². The molecule has 9 heteroatoms. The molecule has 1 N–H and O–H groups in total. The summed E-state index contributed by atoms with van der Waals surface area (Å²) in [5.41, 5.74) is 3.16. The number of carbonyl (C=O) groups is 1. The number of hydrogen-bond acceptors (Lipinski definition) is 5. The number of aliphatic imine (C=N–C) groups is 2. The quantitative estimate of drug-likeness (QED) is 0.607. The summed E-state index contributed by atoms with van der Waals surface area (Å²) < 4.78 is 30.4. The highest BCUT2D eigenvalue weighted by molar-refractivity contribution is 6.43. The van der Waals surface area contributed by atoms with Crippen LogP contribution in [0.3, 0.4) is 0 Å². The Kier molecular flexibility index (Phi) is 6.02. The normalized spacial score (nSPS) is 19.5. The van der Waals surface area contributed by atoms with Gasteiger partial charge in [-0.2, -0.15) is 5.10 Å². The van der Waals surface area contributed by atoms with E-state index < -0.39 is 17.7 Å². The third-order valence-corrected chi connectivity index (χ3v) is 6.31. The van der Waals surface area contributed by atoms with Gasteiger partial charge in [0.1, 0.15) is 23.1 Å². The summed E-state index contributed by atoms with van der Waals surface area (Å²) in [5.74, 6) is -0.770. The van der Waals surface area contributed by atoms with E-state index in [1.807, 2.05) is 45.3 Å². The van der Waals surface area contributed by atoms with Crippen LogP contribution in [0.4, 0.5) is 14.6 Å². The molecule has 0 aliphatic carbocycles. The van der Waals surface area contributed by atoms with Crippen molar-refractivity contribution in [3.05, 3.63) is 70.8 Å². The van der Waals surface area contributed by atoms with Crippen LogP contribution >= 0.6 is 0 Å². The van der Waals surface area contributed by atoms with Crippen LogP contribution in [0.15, 0.2) is 52.4 Å². The molecule has 0 spiro atoms. The number of carbonyl (C=O) groups excluding carboxylic acids is 1.